The van der Waals surface area contributed by atoms with Crippen LogP contribution in [0.3, 0.4) is 0 Å². The smallest absolute Gasteiger partial charge is 0.375 e. The highest BCUT2D eigenvalue weighted by atomic mass is 35.5. The van der Waals surface area contributed by atoms with Crippen molar-refractivity contribution in [2.45, 2.75) is 32.0 Å². The highest BCUT2D eigenvalue weighted by Gasteiger charge is 2.42. The van der Waals surface area contributed by atoms with Gasteiger partial charge in [0.25, 0.3) is 5.52 Å². The first-order valence-electron chi connectivity index (χ1n) is 6.94. The number of ether oxygens (including phenoxy) is 2. The van der Waals surface area contributed by atoms with Crippen LogP contribution < -0.4 is 26.4 Å². The van der Waals surface area contributed by atoms with Crippen molar-refractivity contribution >= 4 is 10.9 Å². The highest BCUT2D eigenvalue weighted by molar-refractivity contribution is 5.89. The monoisotopic (exact) mass is 325 g/mol. The quantitative estimate of drug-likeness (QED) is 0.657. The van der Waals surface area contributed by atoms with Crippen LogP contribution in [0.25, 0.3) is 10.9 Å². The molecular formula is C16H20ClNO4. The molecule has 0 spiro atoms. The zero-order valence-corrected chi connectivity index (χ0v) is 13.8. The van der Waals surface area contributed by atoms with Crippen molar-refractivity contribution in [2.75, 3.05) is 7.11 Å². The van der Waals surface area contributed by atoms with Crippen molar-refractivity contribution in [1.82, 2.24) is 0 Å². The van der Waals surface area contributed by atoms with Gasteiger partial charge in [0, 0.05) is 6.42 Å². The van der Waals surface area contributed by atoms with Crippen molar-refractivity contribution in [1.29, 1.82) is 0 Å². The molecule has 0 saturated carbocycles. The third-order valence-corrected chi connectivity index (χ3v) is 4.07. The van der Waals surface area contributed by atoms with Crippen molar-refractivity contribution in [3.63, 3.8) is 0 Å². The Morgan fingerprint density at radius 3 is 2.64 bits per heavy atom. The summed E-state index contributed by atoms with van der Waals surface area (Å²) in [6, 6.07) is 5.33. The average molecular weight is 326 g/mol. The Hall–Kier alpha value is -1.72. The van der Waals surface area contributed by atoms with Gasteiger partial charge in [0.15, 0.2) is 5.75 Å². The fourth-order valence-electron chi connectivity index (χ4n) is 2.95. The van der Waals surface area contributed by atoms with Crippen molar-refractivity contribution in [2.24, 2.45) is 7.05 Å². The molecule has 1 aliphatic heterocycles. The number of aliphatic hydroxyl groups is 1. The van der Waals surface area contributed by atoms with Gasteiger partial charge in [-0.15, -0.1) is 0 Å². The van der Waals surface area contributed by atoms with Crippen LogP contribution in [-0.2, 0) is 13.5 Å². The van der Waals surface area contributed by atoms with Crippen molar-refractivity contribution < 1.29 is 36.7 Å². The molecule has 2 heterocycles. The number of nitrogens with zero attached hydrogens (tertiary/aromatic N) is 1. The second kappa shape index (κ2) is 5.48. The standard InChI is InChI=1S/C16H19NO4.ClH/c1-16(2,19)12-8-10-14(20-4)9-6-5-7-11(18)13(9)17(3)15(10)21-12;/h5-7,12,19H,8H2,1-4H3;1H/t12-;/m1./s1. The molecule has 3 rings (SSSR count). The van der Waals surface area contributed by atoms with Gasteiger partial charge >= 0.3 is 5.88 Å². The van der Waals surface area contributed by atoms with E-state index in [2.05, 4.69) is 0 Å². The molecule has 0 bridgehead atoms. The number of phenols is 1. The van der Waals surface area contributed by atoms with Crippen LogP contribution in [0.5, 0.6) is 17.4 Å². The van der Waals surface area contributed by atoms with Crippen LogP contribution in [0.2, 0.25) is 0 Å². The highest BCUT2D eigenvalue weighted by Crippen LogP contribution is 2.41. The number of benzene rings is 1. The summed E-state index contributed by atoms with van der Waals surface area (Å²) in [4.78, 5) is 0. The van der Waals surface area contributed by atoms with Crippen LogP contribution in [0, 0.1) is 0 Å². The number of aromatic nitrogens is 1. The number of methoxy groups -OCH3 is 1. The number of para-hydroxylation sites is 1. The van der Waals surface area contributed by atoms with Gasteiger partial charge in [-0.3, -0.25) is 0 Å². The molecule has 2 N–H and O–H groups in total. The predicted octanol–water partition coefficient (Wildman–Crippen LogP) is -1.54. The second-order valence-electron chi connectivity index (χ2n) is 6.01. The Bertz CT molecular complexity index is 724. The summed E-state index contributed by atoms with van der Waals surface area (Å²) in [5.74, 6) is 1.50. The second-order valence-corrected chi connectivity index (χ2v) is 6.01. The van der Waals surface area contributed by atoms with E-state index >= 15 is 0 Å². The van der Waals surface area contributed by atoms with Crippen LogP contribution in [-0.4, -0.2) is 29.0 Å². The zero-order chi connectivity index (χ0) is 15.4. The molecule has 1 aliphatic rings. The number of hydrogen-bond acceptors (Lipinski definition) is 4. The van der Waals surface area contributed by atoms with E-state index in [-0.39, 0.29) is 24.3 Å². The number of aryl methyl sites for hydroxylation is 1. The topological polar surface area (TPSA) is 62.8 Å². The third kappa shape index (κ3) is 2.34. The largest absolute Gasteiger partial charge is 1.00 e. The van der Waals surface area contributed by atoms with Gasteiger partial charge in [0.2, 0.25) is 0 Å². The first kappa shape index (κ1) is 16.6. The summed E-state index contributed by atoms with van der Waals surface area (Å²) in [6.45, 7) is 3.46. The Kier molecular flexibility index (Phi) is 4.15. The van der Waals surface area contributed by atoms with E-state index in [1.54, 1.807) is 33.1 Å². The minimum Gasteiger partial charge on any atom is -1.00 e. The molecular weight excluding hydrogens is 306 g/mol. The molecule has 0 aliphatic carbocycles. The zero-order valence-electron chi connectivity index (χ0n) is 13.1. The van der Waals surface area contributed by atoms with Crippen LogP contribution in [0.1, 0.15) is 19.4 Å². The lowest BCUT2D eigenvalue weighted by Crippen LogP contribution is -3.00. The minimum absolute atomic E-state index is 0. The van der Waals surface area contributed by atoms with E-state index in [0.717, 1.165) is 10.9 Å². The van der Waals surface area contributed by atoms with Gasteiger partial charge in [0.1, 0.15) is 24.5 Å². The maximum absolute atomic E-state index is 10.2. The summed E-state index contributed by atoms with van der Waals surface area (Å²) in [5, 5.41) is 21.2. The van der Waals surface area contributed by atoms with Crippen molar-refractivity contribution in [3.05, 3.63) is 23.8 Å². The molecule has 2 aromatic rings. The number of phenolic OH excluding ortho intramolecular Hbond substituents is 1. The van der Waals surface area contributed by atoms with Crippen LogP contribution in [0.15, 0.2) is 18.2 Å². The summed E-state index contributed by atoms with van der Waals surface area (Å²) >= 11 is 0. The summed E-state index contributed by atoms with van der Waals surface area (Å²) in [5.41, 5.74) is 0.625. The average Bonchev–Trinajstić information content (AvgIpc) is 2.84. The fourth-order valence-corrected chi connectivity index (χ4v) is 2.95. The molecule has 0 amide bonds. The lowest BCUT2D eigenvalue weighted by atomic mass is 9.96. The van der Waals surface area contributed by atoms with E-state index in [1.807, 2.05) is 17.7 Å². The Morgan fingerprint density at radius 1 is 1.36 bits per heavy atom. The Labute approximate surface area is 135 Å². The maximum atomic E-state index is 10.2. The molecule has 0 fully saturated rings. The fraction of sp³-hybridized carbons (Fsp3) is 0.438. The van der Waals surface area contributed by atoms with E-state index in [1.165, 1.54) is 0 Å². The number of fused-ring (bicyclic) bond motifs is 2. The molecule has 1 aromatic carbocycles. The van der Waals surface area contributed by atoms with Gasteiger partial charge in [-0.25, -0.2) is 0 Å². The first-order valence-corrected chi connectivity index (χ1v) is 6.94. The van der Waals surface area contributed by atoms with E-state index in [4.69, 9.17) is 9.47 Å². The van der Waals surface area contributed by atoms with Gasteiger partial charge in [-0.05, 0) is 26.0 Å². The van der Waals surface area contributed by atoms with E-state index in [0.29, 0.717) is 23.6 Å². The van der Waals surface area contributed by atoms with E-state index in [9.17, 15) is 10.2 Å². The maximum Gasteiger partial charge on any atom is 0.375 e. The number of halogens is 1. The molecule has 6 heteroatoms. The van der Waals surface area contributed by atoms with Crippen LogP contribution >= 0.6 is 0 Å². The Balaban J connectivity index is 0.00000176. The molecule has 1 atom stereocenters. The molecule has 0 unspecified atom stereocenters. The number of hydrogen-bond donors (Lipinski definition) is 2. The van der Waals surface area contributed by atoms with Gasteiger partial charge in [-0.2, -0.15) is 4.57 Å². The molecule has 0 saturated heterocycles. The summed E-state index contributed by atoms with van der Waals surface area (Å²) in [6.07, 6.45) is 0.230. The number of rotatable bonds is 2. The normalized spacial score (nSPS) is 16.9. The lowest BCUT2D eigenvalue weighted by Gasteiger charge is -2.23. The van der Waals surface area contributed by atoms with Crippen molar-refractivity contribution in [3.8, 4) is 17.4 Å². The van der Waals surface area contributed by atoms with Gasteiger partial charge in [0.05, 0.1) is 18.1 Å². The third-order valence-electron chi connectivity index (χ3n) is 4.07. The molecule has 0 radical (unpaired) electrons. The minimum atomic E-state index is -0.953. The predicted molar refractivity (Wildman–Crippen MR) is 77.8 cm³/mol. The van der Waals surface area contributed by atoms with Gasteiger partial charge < -0.3 is 32.1 Å². The van der Waals surface area contributed by atoms with E-state index < -0.39 is 5.60 Å². The SMILES string of the molecule is COc1c2c([n+](C)c3c(O)cccc13)O[C@@H](C(C)(C)O)C2.[Cl-]. The number of pyridine rings is 1. The van der Waals surface area contributed by atoms with Crippen LogP contribution in [0.4, 0.5) is 0 Å². The number of aromatic hydroxyl groups is 1. The Morgan fingerprint density at radius 2 is 2.05 bits per heavy atom. The summed E-state index contributed by atoms with van der Waals surface area (Å²) < 4.78 is 13.3. The first-order chi connectivity index (χ1) is 9.84. The molecule has 22 heavy (non-hydrogen) atoms. The van der Waals surface area contributed by atoms with Gasteiger partial charge in [-0.1, -0.05) is 6.07 Å². The molecule has 5 nitrogen and oxygen atoms in total. The lowest BCUT2D eigenvalue weighted by molar-refractivity contribution is -0.651. The summed E-state index contributed by atoms with van der Waals surface area (Å²) in [7, 11) is 3.45. The molecule has 1 aromatic heterocycles. The molecule has 120 valence electrons.